The van der Waals surface area contributed by atoms with Gasteiger partial charge >= 0.3 is 0 Å². The number of hydrogen-bond donors (Lipinski definition) is 1. The van der Waals surface area contributed by atoms with Gasteiger partial charge in [-0.1, -0.05) is 27.6 Å². The molecule has 0 aliphatic rings. The summed E-state index contributed by atoms with van der Waals surface area (Å²) in [4.78, 5) is 16.7. The van der Waals surface area contributed by atoms with E-state index in [1.54, 1.807) is 7.11 Å². The third-order valence-electron chi connectivity index (χ3n) is 3.53. The third kappa shape index (κ3) is 3.88. The first kappa shape index (κ1) is 17.6. The van der Waals surface area contributed by atoms with E-state index in [2.05, 4.69) is 26.2 Å². The van der Waals surface area contributed by atoms with Gasteiger partial charge in [0.15, 0.2) is 5.13 Å². The van der Waals surface area contributed by atoms with Crippen LogP contribution in [0.5, 0.6) is 5.75 Å². The van der Waals surface area contributed by atoms with Crippen LogP contribution in [0, 0.1) is 12.7 Å². The number of ether oxygens (including phenoxy) is 1. The summed E-state index contributed by atoms with van der Waals surface area (Å²) in [5.41, 5.74) is 2.56. The molecule has 1 aromatic heterocycles. The number of benzene rings is 2. The van der Waals surface area contributed by atoms with E-state index in [1.165, 1.54) is 29.5 Å². The van der Waals surface area contributed by atoms with Crippen LogP contribution in [0.2, 0.25) is 0 Å². The Bertz CT molecular complexity index is 943. The van der Waals surface area contributed by atoms with Crippen molar-refractivity contribution in [3.05, 3.63) is 63.2 Å². The Morgan fingerprint density at radius 2 is 2.08 bits per heavy atom. The van der Waals surface area contributed by atoms with Crippen molar-refractivity contribution in [2.24, 2.45) is 0 Å². The molecule has 0 bridgehead atoms. The van der Waals surface area contributed by atoms with Gasteiger partial charge in [-0.3, -0.25) is 10.1 Å². The summed E-state index contributed by atoms with van der Waals surface area (Å²) in [5.74, 6) is -0.430. The molecule has 0 unspecified atom stereocenters. The highest BCUT2D eigenvalue weighted by molar-refractivity contribution is 9.10. The number of methoxy groups -OCH3 is 1. The molecule has 0 aliphatic heterocycles. The Labute approximate surface area is 156 Å². The van der Waals surface area contributed by atoms with Gasteiger partial charge in [0.05, 0.1) is 18.4 Å². The lowest BCUT2D eigenvalue weighted by atomic mass is 10.1. The minimum atomic E-state index is -0.585. The normalized spacial score (nSPS) is 10.6. The number of thiazole rings is 1. The summed E-state index contributed by atoms with van der Waals surface area (Å²) in [6.45, 7) is 1.98. The highest BCUT2D eigenvalue weighted by atomic mass is 79.9. The molecular weight excluding hydrogens is 407 g/mol. The summed E-state index contributed by atoms with van der Waals surface area (Å²) in [5, 5.41) is 4.85. The predicted molar refractivity (Wildman–Crippen MR) is 101 cm³/mol. The largest absolute Gasteiger partial charge is 0.496 e. The number of aromatic nitrogens is 1. The van der Waals surface area contributed by atoms with E-state index in [4.69, 9.17) is 4.74 Å². The predicted octanol–water partition coefficient (Wildman–Crippen LogP) is 5.28. The molecule has 0 radical (unpaired) electrons. The second-order valence-corrected chi connectivity index (χ2v) is 7.09. The topological polar surface area (TPSA) is 51.2 Å². The van der Waals surface area contributed by atoms with Gasteiger partial charge in [0.2, 0.25) is 0 Å². The van der Waals surface area contributed by atoms with Gasteiger partial charge in [0.1, 0.15) is 11.6 Å². The summed E-state index contributed by atoms with van der Waals surface area (Å²) in [6.07, 6.45) is 0. The fraction of sp³-hybridized carbons (Fsp3) is 0.111. The summed E-state index contributed by atoms with van der Waals surface area (Å²) in [6, 6.07) is 10.0. The molecule has 0 spiro atoms. The highest BCUT2D eigenvalue weighted by Gasteiger charge is 2.15. The number of rotatable bonds is 4. The first-order valence-electron chi connectivity index (χ1n) is 7.35. The lowest BCUT2D eigenvalue weighted by Crippen LogP contribution is -2.13. The minimum Gasteiger partial charge on any atom is -0.496 e. The Morgan fingerprint density at radius 3 is 2.84 bits per heavy atom. The Balaban J connectivity index is 1.86. The number of carbonyl (C=O) groups excluding carboxylic acids is 1. The fourth-order valence-electron chi connectivity index (χ4n) is 2.31. The zero-order valence-electron chi connectivity index (χ0n) is 13.5. The monoisotopic (exact) mass is 420 g/mol. The third-order valence-corrected chi connectivity index (χ3v) is 4.78. The maximum atomic E-state index is 13.8. The van der Waals surface area contributed by atoms with Crippen molar-refractivity contribution >= 4 is 38.3 Å². The molecule has 7 heteroatoms. The van der Waals surface area contributed by atoms with Crippen LogP contribution in [0.4, 0.5) is 9.52 Å². The maximum absolute atomic E-state index is 13.8. The van der Waals surface area contributed by atoms with Gasteiger partial charge in [-0.25, -0.2) is 9.37 Å². The van der Waals surface area contributed by atoms with Crippen LogP contribution in [-0.4, -0.2) is 18.0 Å². The first-order valence-corrected chi connectivity index (χ1v) is 9.02. The van der Waals surface area contributed by atoms with Crippen molar-refractivity contribution in [1.82, 2.24) is 4.98 Å². The Hall–Kier alpha value is -2.25. The van der Waals surface area contributed by atoms with Crippen molar-refractivity contribution in [2.45, 2.75) is 6.92 Å². The zero-order chi connectivity index (χ0) is 18.0. The Morgan fingerprint density at radius 1 is 1.28 bits per heavy atom. The first-order chi connectivity index (χ1) is 12.0. The number of aryl methyl sites for hydroxylation is 1. The van der Waals surface area contributed by atoms with E-state index in [0.29, 0.717) is 21.0 Å². The van der Waals surface area contributed by atoms with Crippen LogP contribution >= 0.6 is 27.3 Å². The number of nitrogens with zero attached hydrogens (tertiary/aromatic N) is 1. The molecule has 1 N–H and O–H groups in total. The number of hydrogen-bond acceptors (Lipinski definition) is 4. The molecule has 0 aliphatic carbocycles. The zero-order valence-corrected chi connectivity index (χ0v) is 15.9. The average Bonchev–Trinajstić information content (AvgIpc) is 3.05. The molecule has 4 nitrogen and oxygen atoms in total. The summed E-state index contributed by atoms with van der Waals surface area (Å²) in [7, 11) is 1.60. The quantitative estimate of drug-likeness (QED) is 0.624. The molecule has 25 heavy (non-hydrogen) atoms. The van der Waals surface area contributed by atoms with Gasteiger partial charge in [0, 0.05) is 15.4 Å². The highest BCUT2D eigenvalue weighted by Crippen LogP contribution is 2.33. The number of nitrogens with one attached hydrogen (secondary N) is 1. The van der Waals surface area contributed by atoms with Gasteiger partial charge in [-0.15, -0.1) is 11.3 Å². The SMILES string of the molecule is COc1ccc(C)cc1-c1csc(NC(=O)c2cc(Br)ccc2F)n1. The maximum Gasteiger partial charge on any atom is 0.260 e. The van der Waals surface area contributed by atoms with Crippen LogP contribution < -0.4 is 10.1 Å². The fourth-order valence-corrected chi connectivity index (χ4v) is 3.38. The molecule has 1 amide bonds. The molecule has 3 rings (SSSR count). The summed E-state index contributed by atoms with van der Waals surface area (Å²) < 4.78 is 19.8. The minimum absolute atomic E-state index is 0.0424. The molecule has 0 saturated carbocycles. The van der Waals surface area contributed by atoms with Crippen molar-refractivity contribution in [2.75, 3.05) is 12.4 Å². The number of carbonyl (C=O) groups is 1. The second kappa shape index (κ2) is 7.33. The number of amides is 1. The van der Waals surface area contributed by atoms with Gasteiger partial charge in [-0.2, -0.15) is 0 Å². The number of halogens is 2. The van der Waals surface area contributed by atoms with E-state index in [1.807, 2.05) is 30.5 Å². The van der Waals surface area contributed by atoms with Crippen LogP contribution in [0.15, 0.2) is 46.3 Å². The van der Waals surface area contributed by atoms with Crippen molar-refractivity contribution < 1.29 is 13.9 Å². The van der Waals surface area contributed by atoms with Crippen LogP contribution in [0.1, 0.15) is 15.9 Å². The Kier molecular flexibility index (Phi) is 5.15. The van der Waals surface area contributed by atoms with E-state index in [9.17, 15) is 9.18 Å². The molecular formula is C18H14BrFN2O2S. The smallest absolute Gasteiger partial charge is 0.260 e. The summed E-state index contributed by atoms with van der Waals surface area (Å²) >= 11 is 4.50. The lowest BCUT2D eigenvalue weighted by Gasteiger charge is -2.07. The molecule has 128 valence electrons. The van der Waals surface area contributed by atoms with E-state index < -0.39 is 11.7 Å². The molecule has 0 fully saturated rings. The second-order valence-electron chi connectivity index (χ2n) is 5.32. The van der Waals surface area contributed by atoms with Gasteiger partial charge in [-0.05, 0) is 37.3 Å². The standard InChI is InChI=1S/C18H14BrFN2O2S/c1-10-3-6-16(24-2)13(7-10)15-9-25-18(21-15)22-17(23)12-8-11(19)4-5-14(12)20/h3-9H,1-2H3,(H,21,22,23). The molecule has 2 aromatic carbocycles. The van der Waals surface area contributed by atoms with Crippen molar-refractivity contribution in [3.8, 4) is 17.0 Å². The van der Waals surface area contributed by atoms with E-state index in [-0.39, 0.29) is 5.56 Å². The van der Waals surface area contributed by atoms with Crippen molar-refractivity contribution in [3.63, 3.8) is 0 Å². The van der Waals surface area contributed by atoms with Gasteiger partial charge in [0.25, 0.3) is 5.91 Å². The number of anilines is 1. The molecule has 0 saturated heterocycles. The van der Waals surface area contributed by atoms with E-state index >= 15 is 0 Å². The van der Waals surface area contributed by atoms with E-state index in [0.717, 1.165) is 11.1 Å². The van der Waals surface area contributed by atoms with Crippen molar-refractivity contribution in [1.29, 1.82) is 0 Å². The van der Waals surface area contributed by atoms with Crippen LogP contribution in [0.25, 0.3) is 11.3 Å². The molecule has 3 aromatic rings. The van der Waals surface area contributed by atoms with Crippen LogP contribution in [0.3, 0.4) is 0 Å². The molecule has 0 atom stereocenters. The lowest BCUT2D eigenvalue weighted by molar-refractivity contribution is 0.102. The van der Waals surface area contributed by atoms with Crippen LogP contribution in [-0.2, 0) is 0 Å². The van der Waals surface area contributed by atoms with Gasteiger partial charge < -0.3 is 4.74 Å². The average molecular weight is 421 g/mol. The molecule has 1 heterocycles.